The zero-order valence-electron chi connectivity index (χ0n) is 7.84. The van der Waals surface area contributed by atoms with Crippen molar-refractivity contribution in [2.45, 2.75) is 6.92 Å². The molecule has 0 bridgehead atoms. The van der Waals surface area contributed by atoms with E-state index < -0.39 is 7.12 Å². The maximum absolute atomic E-state index is 10.8. The largest absolute Gasteiger partial charge is 0.488 e. The van der Waals surface area contributed by atoms with Crippen molar-refractivity contribution in [3.63, 3.8) is 0 Å². The molecule has 0 aliphatic heterocycles. The minimum absolute atomic E-state index is 0.0334. The second-order valence-corrected chi connectivity index (χ2v) is 2.55. The highest BCUT2D eigenvalue weighted by Gasteiger charge is 2.10. The van der Waals surface area contributed by atoms with E-state index in [1.165, 1.54) is 19.1 Å². The molecule has 0 aromatic heterocycles. The van der Waals surface area contributed by atoms with Crippen LogP contribution < -0.4 is 17.1 Å². The number of ketones is 1. The second-order valence-electron chi connectivity index (χ2n) is 2.55. The molecule has 0 saturated carbocycles. The molecule has 0 aliphatic carbocycles. The van der Waals surface area contributed by atoms with E-state index in [9.17, 15) is 4.79 Å². The molecule has 0 unspecified atom stereocenters. The summed E-state index contributed by atoms with van der Waals surface area (Å²) in [5, 5.41) is 17.4. The maximum atomic E-state index is 10.8. The number of Topliss-reactive ketones (excluding diaryl/α,β-unsaturated/α-hetero) is 1. The first kappa shape index (κ1) is 12.8. The van der Waals surface area contributed by atoms with Crippen molar-refractivity contribution in [1.29, 1.82) is 0 Å². The van der Waals surface area contributed by atoms with Crippen LogP contribution >= 0.6 is 0 Å². The van der Waals surface area contributed by atoms with Crippen molar-refractivity contribution in [3.8, 4) is 0 Å². The summed E-state index contributed by atoms with van der Waals surface area (Å²) in [6.07, 6.45) is 0. The summed E-state index contributed by atoms with van der Waals surface area (Å²) in [6.45, 7) is 1.46. The Morgan fingerprint density at radius 2 is 1.64 bits per heavy atom. The Hall–Kier alpha value is -1.21. The molecule has 0 atom stereocenters. The molecule has 76 valence electrons. The molecule has 0 spiro atoms. The smallest absolute Gasteiger partial charge is 0.423 e. The van der Waals surface area contributed by atoms with Gasteiger partial charge in [0, 0.05) is 5.56 Å². The van der Waals surface area contributed by atoms with Gasteiger partial charge in [-0.05, 0) is 12.4 Å². The summed E-state index contributed by atoms with van der Waals surface area (Å²) in [6, 6.07) is 6.16. The lowest BCUT2D eigenvalue weighted by atomic mass is 9.80. The average Bonchev–Trinajstić information content (AvgIpc) is 2.21. The molecule has 0 saturated heterocycles. The lowest BCUT2D eigenvalue weighted by molar-refractivity contribution is 0.101. The van der Waals surface area contributed by atoms with Gasteiger partial charge in [-0.25, -0.2) is 0 Å². The Kier molecular flexibility index (Phi) is 5.74. The van der Waals surface area contributed by atoms with Crippen molar-refractivity contribution in [2.24, 2.45) is 11.7 Å². The third-order valence-electron chi connectivity index (χ3n) is 1.62. The molecular formula is C8H13BN2O3. The zero-order valence-corrected chi connectivity index (χ0v) is 7.84. The van der Waals surface area contributed by atoms with Crippen LogP contribution in [0.4, 0.5) is 0 Å². The lowest BCUT2D eigenvalue weighted by Gasteiger charge is -1.99. The van der Waals surface area contributed by atoms with Crippen LogP contribution in [-0.4, -0.2) is 22.9 Å². The van der Waals surface area contributed by atoms with Gasteiger partial charge in [-0.15, -0.1) is 0 Å². The molecule has 1 aromatic carbocycles. The minimum Gasteiger partial charge on any atom is -0.423 e. The van der Waals surface area contributed by atoms with E-state index in [-0.39, 0.29) is 5.78 Å². The molecule has 6 N–H and O–H groups in total. The predicted octanol–water partition coefficient (Wildman–Crippen LogP) is -1.61. The summed E-state index contributed by atoms with van der Waals surface area (Å²) >= 11 is 0. The fourth-order valence-corrected chi connectivity index (χ4v) is 0.890. The number of hydrogen-bond acceptors (Lipinski definition) is 5. The van der Waals surface area contributed by atoms with E-state index in [0.29, 0.717) is 11.0 Å². The average molecular weight is 196 g/mol. The molecule has 1 rings (SSSR count). The van der Waals surface area contributed by atoms with Crippen LogP contribution in [0.25, 0.3) is 0 Å². The monoisotopic (exact) mass is 196 g/mol. The summed E-state index contributed by atoms with van der Waals surface area (Å²) in [4.78, 5) is 10.8. The van der Waals surface area contributed by atoms with Gasteiger partial charge in [0.1, 0.15) is 0 Å². The van der Waals surface area contributed by atoms with Gasteiger partial charge in [-0.3, -0.25) is 16.5 Å². The SMILES string of the molecule is CC(=O)c1ccc(B(O)O)cc1.NN. The molecule has 0 fully saturated rings. The third kappa shape index (κ3) is 3.67. The molecule has 14 heavy (non-hydrogen) atoms. The molecule has 5 nitrogen and oxygen atoms in total. The van der Waals surface area contributed by atoms with Crippen molar-refractivity contribution in [2.75, 3.05) is 0 Å². The van der Waals surface area contributed by atoms with Gasteiger partial charge in [-0.2, -0.15) is 0 Å². The minimum atomic E-state index is -1.47. The number of carbonyl (C=O) groups is 1. The van der Waals surface area contributed by atoms with Crippen LogP contribution in [0.15, 0.2) is 24.3 Å². The summed E-state index contributed by atoms with van der Waals surface area (Å²) in [7, 11) is -1.47. The highest BCUT2D eigenvalue weighted by atomic mass is 16.4. The first-order valence-electron chi connectivity index (χ1n) is 3.91. The second kappa shape index (κ2) is 6.28. The van der Waals surface area contributed by atoms with Crippen LogP contribution in [-0.2, 0) is 0 Å². The summed E-state index contributed by atoms with van der Waals surface area (Å²) in [5.74, 6) is 7.97. The standard InChI is InChI=1S/C8H9BO3.H4N2/c1-6(10)7-2-4-8(5-3-7)9(11)12;1-2/h2-5,11-12H,1H3;1-2H2. The Labute approximate surface area is 82.5 Å². The van der Waals surface area contributed by atoms with E-state index in [1.807, 2.05) is 0 Å². The van der Waals surface area contributed by atoms with Crippen LogP contribution in [0, 0.1) is 0 Å². The third-order valence-corrected chi connectivity index (χ3v) is 1.62. The highest BCUT2D eigenvalue weighted by Crippen LogP contribution is 1.97. The Morgan fingerprint density at radius 3 is 1.93 bits per heavy atom. The van der Waals surface area contributed by atoms with Crippen LogP contribution in [0.2, 0.25) is 0 Å². The van der Waals surface area contributed by atoms with Crippen LogP contribution in [0.3, 0.4) is 0 Å². The van der Waals surface area contributed by atoms with Crippen molar-refractivity contribution in [1.82, 2.24) is 0 Å². The first-order chi connectivity index (χ1) is 6.61. The fraction of sp³-hybridized carbons (Fsp3) is 0.125. The van der Waals surface area contributed by atoms with Gasteiger partial charge >= 0.3 is 7.12 Å². The van der Waals surface area contributed by atoms with Gasteiger partial charge in [-0.1, -0.05) is 24.3 Å². The van der Waals surface area contributed by atoms with Crippen molar-refractivity contribution >= 4 is 18.4 Å². The van der Waals surface area contributed by atoms with Crippen molar-refractivity contribution in [3.05, 3.63) is 29.8 Å². The number of hydrazine groups is 1. The molecule has 0 radical (unpaired) electrons. The van der Waals surface area contributed by atoms with E-state index >= 15 is 0 Å². The van der Waals surface area contributed by atoms with Gasteiger partial charge < -0.3 is 10.0 Å². The van der Waals surface area contributed by atoms with E-state index in [2.05, 4.69) is 11.7 Å². The highest BCUT2D eigenvalue weighted by molar-refractivity contribution is 6.58. The van der Waals surface area contributed by atoms with Gasteiger partial charge in [0.15, 0.2) is 5.78 Å². The van der Waals surface area contributed by atoms with Gasteiger partial charge in [0.05, 0.1) is 0 Å². The van der Waals surface area contributed by atoms with E-state index in [1.54, 1.807) is 12.1 Å². The molecule has 0 heterocycles. The Balaban J connectivity index is 0.000000791. The number of rotatable bonds is 2. The number of hydrogen-bond donors (Lipinski definition) is 4. The normalized spacial score (nSPS) is 8.64. The van der Waals surface area contributed by atoms with Crippen LogP contribution in [0.5, 0.6) is 0 Å². The number of carbonyl (C=O) groups excluding carboxylic acids is 1. The molecule has 1 aromatic rings. The van der Waals surface area contributed by atoms with Gasteiger partial charge in [0.25, 0.3) is 0 Å². The van der Waals surface area contributed by atoms with E-state index in [0.717, 1.165) is 0 Å². The molecular weight excluding hydrogens is 183 g/mol. The predicted molar refractivity (Wildman–Crippen MR) is 54.6 cm³/mol. The summed E-state index contributed by atoms with van der Waals surface area (Å²) < 4.78 is 0. The Bertz CT molecular complexity index is 287. The molecule has 6 heteroatoms. The first-order valence-corrected chi connectivity index (χ1v) is 3.91. The molecule has 0 amide bonds. The number of nitrogens with two attached hydrogens (primary N) is 2. The van der Waals surface area contributed by atoms with E-state index in [4.69, 9.17) is 10.0 Å². The van der Waals surface area contributed by atoms with Crippen LogP contribution in [0.1, 0.15) is 17.3 Å². The topological polar surface area (TPSA) is 110 Å². The zero-order chi connectivity index (χ0) is 11.1. The quantitative estimate of drug-likeness (QED) is 0.197. The lowest BCUT2D eigenvalue weighted by Crippen LogP contribution is -2.29. The summed E-state index contributed by atoms with van der Waals surface area (Å²) in [5.41, 5.74) is 0.958. The van der Waals surface area contributed by atoms with Gasteiger partial charge in [0.2, 0.25) is 0 Å². The maximum Gasteiger partial charge on any atom is 0.488 e. The fourth-order valence-electron chi connectivity index (χ4n) is 0.890. The Morgan fingerprint density at radius 1 is 1.21 bits per heavy atom. The molecule has 0 aliphatic rings. The van der Waals surface area contributed by atoms with Crippen molar-refractivity contribution < 1.29 is 14.8 Å². The number of benzene rings is 1.